The number of pyridine rings is 1. The molecule has 0 unspecified atom stereocenters. The van der Waals surface area contributed by atoms with Crippen molar-refractivity contribution in [2.24, 2.45) is 0 Å². The predicted octanol–water partition coefficient (Wildman–Crippen LogP) is 3.47. The van der Waals surface area contributed by atoms with Crippen molar-refractivity contribution in [1.29, 1.82) is 0 Å². The number of hydrogen-bond donors (Lipinski definition) is 2. The monoisotopic (exact) mass is 503 g/mol. The standard InChI is InChI=1S/C21H21N5O6S2/c1-5-31-18(29)14-10(3)22-20(33-14)25-16(27)12-8-7-9-13(24-12)17(28)26-21-23-11(4)15(34-21)19(30)32-6-2/h7-9H,5-6H2,1-4H3,(H,22,25,27)(H,23,26,28). The van der Waals surface area contributed by atoms with Crippen molar-refractivity contribution in [2.75, 3.05) is 23.8 Å². The zero-order valence-corrected chi connectivity index (χ0v) is 20.4. The number of amides is 2. The van der Waals surface area contributed by atoms with Crippen molar-refractivity contribution in [3.05, 3.63) is 50.7 Å². The number of carbonyl (C=O) groups is 4. The fraction of sp³-hybridized carbons (Fsp3) is 0.286. The molecule has 34 heavy (non-hydrogen) atoms. The molecule has 0 aliphatic carbocycles. The lowest BCUT2D eigenvalue weighted by Crippen LogP contribution is -2.18. The molecule has 2 N–H and O–H groups in total. The fourth-order valence-corrected chi connectivity index (χ4v) is 4.39. The number of anilines is 2. The van der Waals surface area contributed by atoms with E-state index in [1.54, 1.807) is 27.7 Å². The SMILES string of the molecule is CCOC(=O)c1sc(NC(=O)c2cccc(C(=O)Nc3nc(C)c(C(=O)OCC)s3)n2)nc1C. The second kappa shape index (κ2) is 10.9. The minimum Gasteiger partial charge on any atom is -0.462 e. The highest BCUT2D eigenvalue weighted by atomic mass is 32.1. The Kier molecular flexibility index (Phi) is 8.02. The molecule has 0 atom stereocenters. The summed E-state index contributed by atoms with van der Waals surface area (Å²) in [5, 5.41) is 5.55. The molecule has 0 bridgehead atoms. The van der Waals surface area contributed by atoms with Crippen LogP contribution in [0.3, 0.4) is 0 Å². The van der Waals surface area contributed by atoms with Gasteiger partial charge in [0.15, 0.2) is 10.3 Å². The first-order valence-corrected chi connectivity index (χ1v) is 11.8. The Labute approximate surface area is 202 Å². The molecule has 0 aromatic carbocycles. The van der Waals surface area contributed by atoms with Crippen LogP contribution in [-0.2, 0) is 9.47 Å². The first kappa shape index (κ1) is 24.9. The van der Waals surface area contributed by atoms with Gasteiger partial charge in [-0.2, -0.15) is 0 Å². The lowest BCUT2D eigenvalue weighted by Gasteiger charge is -2.04. The van der Waals surface area contributed by atoms with E-state index in [0.29, 0.717) is 21.1 Å². The molecule has 0 radical (unpaired) electrons. The van der Waals surface area contributed by atoms with Crippen molar-refractivity contribution in [2.45, 2.75) is 27.7 Å². The summed E-state index contributed by atoms with van der Waals surface area (Å²) >= 11 is 1.97. The zero-order valence-electron chi connectivity index (χ0n) is 18.8. The number of rotatable bonds is 8. The summed E-state index contributed by atoms with van der Waals surface area (Å²) in [7, 11) is 0. The largest absolute Gasteiger partial charge is 0.462 e. The number of thiazole rings is 2. The number of ether oxygens (including phenoxy) is 2. The van der Waals surface area contributed by atoms with E-state index >= 15 is 0 Å². The number of carbonyl (C=O) groups excluding carboxylic acids is 4. The highest BCUT2D eigenvalue weighted by Crippen LogP contribution is 2.25. The molecule has 3 aromatic heterocycles. The Morgan fingerprint density at radius 3 is 1.56 bits per heavy atom. The smallest absolute Gasteiger partial charge is 0.350 e. The average Bonchev–Trinajstić information content (AvgIpc) is 3.35. The first-order valence-electron chi connectivity index (χ1n) is 10.1. The Balaban J connectivity index is 1.71. The third-order valence-electron chi connectivity index (χ3n) is 4.17. The summed E-state index contributed by atoms with van der Waals surface area (Å²) in [5.74, 6) is -2.24. The molecule has 11 nitrogen and oxygen atoms in total. The van der Waals surface area contributed by atoms with Crippen molar-refractivity contribution < 1.29 is 28.7 Å². The van der Waals surface area contributed by atoms with Crippen molar-refractivity contribution in [1.82, 2.24) is 15.0 Å². The quantitative estimate of drug-likeness (QED) is 0.441. The lowest BCUT2D eigenvalue weighted by atomic mass is 10.3. The number of hydrogen-bond acceptors (Lipinski definition) is 11. The highest BCUT2D eigenvalue weighted by molar-refractivity contribution is 7.18. The minimum atomic E-state index is -0.603. The Hall–Kier alpha value is -3.71. The number of esters is 2. The van der Waals surface area contributed by atoms with Crippen LogP contribution in [0.1, 0.15) is 65.6 Å². The number of nitrogens with one attached hydrogen (secondary N) is 2. The molecule has 3 aromatic rings. The molecule has 178 valence electrons. The maximum absolute atomic E-state index is 12.6. The number of aryl methyl sites for hydroxylation is 2. The van der Waals surface area contributed by atoms with Gasteiger partial charge in [0.1, 0.15) is 21.1 Å². The zero-order chi connectivity index (χ0) is 24.8. The van der Waals surface area contributed by atoms with E-state index in [1.165, 1.54) is 18.2 Å². The van der Waals surface area contributed by atoms with Gasteiger partial charge in [-0.3, -0.25) is 20.2 Å². The second-order valence-electron chi connectivity index (χ2n) is 6.62. The van der Waals surface area contributed by atoms with E-state index in [4.69, 9.17) is 9.47 Å². The van der Waals surface area contributed by atoms with Crippen LogP contribution in [0.25, 0.3) is 0 Å². The molecule has 0 aliphatic heterocycles. The number of nitrogens with zero attached hydrogens (tertiary/aromatic N) is 3. The van der Waals surface area contributed by atoms with Gasteiger partial charge in [-0.25, -0.2) is 24.5 Å². The summed E-state index contributed by atoms with van der Waals surface area (Å²) in [5.41, 5.74) is 0.808. The van der Waals surface area contributed by atoms with E-state index in [2.05, 4.69) is 25.6 Å². The van der Waals surface area contributed by atoms with E-state index < -0.39 is 23.8 Å². The molecule has 0 aliphatic rings. The van der Waals surface area contributed by atoms with Crippen LogP contribution in [0.4, 0.5) is 10.3 Å². The third kappa shape index (κ3) is 5.80. The molecule has 3 heterocycles. The molecule has 0 spiro atoms. The first-order chi connectivity index (χ1) is 16.2. The van der Waals surface area contributed by atoms with Gasteiger partial charge >= 0.3 is 11.9 Å². The van der Waals surface area contributed by atoms with E-state index in [0.717, 1.165) is 22.7 Å². The Morgan fingerprint density at radius 1 is 0.765 bits per heavy atom. The van der Waals surface area contributed by atoms with Gasteiger partial charge in [-0.05, 0) is 39.8 Å². The van der Waals surface area contributed by atoms with Gasteiger partial charge in [-0.1, -0.05) is 28.7 Å². The number of aromatic nitrogens is 3. The van der Waals surface area contributed by atoms with E-state index in [1.807, 2.05) is 0 Å². The van der Waals surface area contributed by atoms with Gasteiger partial charge in [0.2, 0.25) is 0 Å². The summed E-state index contributed by atoms with van der Waals surface area (Å²) in [4.78, 5) is 62.2. The van der Waals surface area contributed by atoms with Gasteiger partial charge in [0.05, 0.1) is 24.6 Å². The predicted molar refractivity (Wildman–Crippen MR) is 126 cm³/mol. The van der Waals surface area contributed by atoms with Crippen molar-refractivity contribution >= 4 is 56.7 Å². The van der Waals surface area contributed by atoms with Crippen LogP contribution in [0.5, 0.6) is 0 Å². The van der Waals surface area contributed by atoms with Crippen LogP contribution in [0.15, 0.2) is 18.2 Å². The molecule has 13 heteroatoms. The summed E-state index contributed by atoms with van der Waals surface area (Å²) < 4.78 is 9.94. The van der Waals surface area contributed by atoms with Crippen molar-refractivity contribution in [3.63, 3.8) is 0 Å². The second-order valence-corrected chi connectivity index (χ2v) is 8.62. The minimum absolute atomic E-state index is 0.0271. The van der Waals surface area contributed by atoms with Gasteiger partial charge in [0.25, 0.3) is 11.8 Å². The Bertz CT molecular complexity index is 1160. The van der Waals surface area contributed by atoms with Crippen LogP contribution in [0, 0.1) is 13.8 Å². The third-order valence-corrected chi connectivity index (χ3v) is 6.28. The Morgan fingerprint density at radius 2 is 1.18 bits per heavy atom. The molecule has 0 saturated heterocycles. The molecular weight excluding hydrogens is 482 g/mol. The molecule has 3 rings (SSSR count). The maximum atomic E-state index is 12.6. The maximum Gasteiger partial charge on any atom is 0.350 e. The molecule has 0 fully saturated rings. The molecular formula is C21H21N5O6S2. The van der Waals surface area contributed by atoms with Gasteiger partial charge < -0.3 is 9.47 Å². The highest BCUT2D eigenvalue weighted by Gasteiger charge is 2.21. The van der Waals surface area contributed by atoms with E-state index in [9.17, 15) is 19.2 Å². The van der Waals surface area contributed by atoms with Crippen LogP contribution in [-0.4, -0.2) is 51.9 Å². The van der Waals surface area contributed by atoms with Crippen molar-refractivity contribution in [3.8, 4) is 0 Å². The van der Waals surface area contributed by atoms with Crippen LogP contribution < -0.4 is 10.6 Å². The summed E-state index contributed by atoms with van der Waals surface area (Å²) in [6.45, 7) is 7.11. The van der Waals surface area contributed by atoms with E-state index in [-0.39, 0.29) is 34.9 Å². The topological polar surface area (TPSA) is 149 Å². The lowest BCUT2D eigenvalue weighted by molar-refractivity contribution is 0.0521. The van der Waals surface area contributed by atoms with Gasteiger partial charge in [0, 0.05) is 0 Å². The molecule has 2 amide bonds. The normalized spacial score (nSPS) is 10.5. The molecule has 0 saturated carbocycles. The summed E-state index contributed by atoms with van der Waals surface area (Å²) in [6.07, 6.45) is 0. The average molecular weight is 504 g/mol. The van der Waals surface area contributed by atoms with Gasteiger partial charge in [-0.15, -0.1) is 0 Å². The summed E-state index contributed by atoms with van der Waals surface area (Å²) in [6, 6.07) is 4.38. The van der Waals surface area contributed by atoms with Crippen LogP contribution in [0.2, 0.25) is 0 Å². The fourth-order valence-electron chi connectivity index (χ4n) is 2.68. The van der Waals surface area contributed by atoms with Crippen LogP contribution >= 0.6 is 22.7 Å².